The summed E-state index contributed by atoms with van der Waals surface area (Å²) >= 11 is 0. The predicted molar refractivity (Wildman–Crippen MR) is 131 cm³/mol. The average molecular weight is 454 g/mol. The summed E-state index contributed by atoms with van der Waals surface area (Å²) in [6.07, 6.45) is 1.20. The molecule has 4 aromatic rings. The molecule has 4 rings (SSSR count). The third kappa shape index (κ3) is 6.05. The standard InChI is InChI=1S/C28H27N3O3/c1-21-15-27(28(33)29-25(18-32)16-22-9-4-2-5-10-22)31(30-21)26-14-8-13-24(17-26)20-34-19-23-11-6-3-7-12-23/h2-15,17-18,25H,16,19-20H2,1H3,(H,29,33). The van der Waals surface area contributed by atoms with Gasteiger partial charge in [0.05, 0.1) is 30.6 Å². The number of rotatable bonds is 10. The molecule has 6 heteroatoms. The summed E-state index contributed by atoms with van der Waals surface area (Å²) in [7, 11) is 0. The normalized spacial score (nSPS) is 11.7. The Morgan fingerprint density at radius 2 is 1.56 bits per heavy atom. The van der Waals surface area contributed by atoms with E-state index in [4.69, 9.17) is 4.74 Å². The highest BCUT2D eigenvalue weighted by Crippen LogP contribution is 2.16. The molecule has 1 atom stereocenters. The van der Waals surface area contributed by atoms with Crippen LogP contribution in [-0.4, -0.2) is 28.0 Å². The first-order valence-electron chi connectivity index (χ1n) is 11.2. The highest BCUT2D eigenvalue weighted by Gasteiger charge is 2.19. The number of aldehydes is 1. The van der Waals surface area contributed by atoms with Gasteiger partial charge in [-0.25, -0.2) is 4.68 Å². The van der Waals surface area contributed by atoms with E-state index in [2.05, 4.69) is 10.4 Å². The molecule has 0 fully saturated rings. The van der Waals surface area contributed by atoms with E-state index in [9.17, 15) is 9.59 Å². The Labute approximate surface area is 199 Å². The predicted octanol–water partition coefficient (Wildman–Crippen LogP) is 4.44. The van der Waals surface area contributed by atoms with Crippen LogP contribution in [-0.2, 0) is 29.2 Å². The van der Waals surface area contributed by atoms with Gasteiger partial charge in [0.1, 0.15) is 12.0 Å². The Balaban J connectivity index is 1.46. The van der Waals surface area contributed by atoms with Crippen LogP contribution in [0.25, 0.3) is 5.69 Å². The fraction of sp³-hybridized carbons (Fsp3) is 0.179. The molecule has 0 aliphatic heterocycles. The second-order valence-electron chi connectivity index (χ2n) is 8.14. The van der Waals surface area contributed by atoms with E-state index >= 15 is 0 Å². The molecule has 0 saturated heterocycles. The number of aromatic nitrogens is 2. The van der Waals surface area contributed by atoms with Crippen molar-refractivity contribution in [3.8, 4) is 5.69 Å². The lowest BCUT2D eigenvalue weighted by molar-refractivity contribution is -0.109. The van der Waals surface area contributed by atoms with Gasteiger partial charge in [0.15, 0.2) is 0 Å². The average Bonchev–Trinajstić information content (AvgIpc) is 3.27. The van der Waals surface area contributed by atoms with Gasteiger partial charge in [-0.3, -0.25) is 4.79 Å². The molecule has 0 spiro atoms. The fourth-order valence-corrected chi connectivity index (χ4v) is 3.74. The highest BCUT2D eigenvalue weighted by molar-refractivity contribution is 5.94. The summed E-state index contributed by atoms with van der Waals surface area (Å²) in [5.41, 5.74) is 4.90. The second kappa shape index (κ2) is 11.2. The number of hydrogen-bond acceptors (Lipinski definition) is 4. The highest BCUT2D eigenvalue weighted by atomic mass is 16.5. The van der Waals surface area contributed by atoms with Crippen molar-refractivity contribution in [3.05, 3.63) is 119 Å². The third-order valence-electron chi connectivity index (χ3n) is 5.38. The Morgan fingerprint density at radius 1 is 0.912 bits per heavy atom. The van der Waals surface area contributed by atoms with Gasteiger partial charge in [0, 0.05) is 0 Å². The van der Waals surface area contributed by atoms with Crippen LogP contribution < -0.4 is 5.32 Å². The first-order valence-corrected chi connectivity index (χ1v) is 11.2. The Bertz CT molecular complexity index is 1240. The van der Waals surface area contributed by atoms with Gasteiger partial charge < -0.3 is 14.8 Å². The molecule has 172 valence electrons. The van der Waals surface area contributed by atoms with Gasteiger partial charge in [0.2, 0.25) is 0 Å². The molecule has 0 saturated carbocycles. The number of nitrogens with zero attached hydrogens (tertiary/aromatic N) is 2. The number of benzene rings is 3. The van der Waals surface area contributed by atoms with Crippen molar-refractivity contribution in [1.82, 2.24) is 15.1 Å². The van der Waals surface area contributed by atoms with Crippen LogP contribution in [0.2, 0.25) is 0 Å². The fourth-order valence-electron chi connectivity index (χ4n) is 3.74. The van der Waals surface area contributed by atoms with Crippen LogP contribution in [0, 0.1) is 6.92 Å². The van der Waals surface area contributed by atoms with E-state index < -0.39 is 6.04 Å². The van der Waals surface area contributed by atoms with Crippen LogP contribution in [0.5, 0.6) is 0 Å². The topological polar surface area (TPSA) is 73.2 Å². The van der Waals surface area contributed by atoms with Gasteiger partial charge in [0.25, 0.3) is 5.91 Å². The maximum Gasteiger partial charge on any atom is 0.270 e. The van der Waals surface area contributed by atoms with Crippen LogP contribution in [0.15, 0.2) is 91.0 Å². The van der Waals surface area contributed by atoms with E-state index in [1.54, 1.807) is 10.7 Å². The summed E-state index contributed by atoms with van der Waals surface area (Å²) in [5, 5.41) is 7.34. The zero-order chi connectivity index (χ0) is 23.8. The van der Waals surface area contributed by atoms with Crippen molar-refractivity contribution in [1.29, 1.82) is 0 Å². The van der Waals surface area contributed by atoms with Gasteiger partial charge >= 0.3 is 0 Å². The molecule has 1 amide bonds. The molecule has 34 heavy (non-hydrogen) atoms. The van der Waals surface area contributed by atoms with E-state index in [-0.39, 0.29) is 5.91 Å². The largest absolute Gasteiger partial charge is 0.372 e. The van der Waals surface area contributed by atoms with Crippen molar-refractivity contribution in [2.24, 2.45) is 0 Å². The Hall–Kier alpha value is -4.03. The van der Waals surface area contributed by atoms with Crippen LogP contribution in [0.4, 0.5) is 0 Å². The summed E-state index contributed by atoms with van der Waals surface area (Å²) in [6, 6.07) is 28.4. The first kappa shape index (κ1) is 23.1. The van der Waals surface area contributed by atoms with Crippen molar-refractivity contribution in [2.45, 2.75) is 32.6 Å². The summed E-state index contributed by atoms with van der Waals surface area (Å²) in [6.45, 7) is 2.80. The van der Waals surface area contributed by atoms with Gasteiger partial charge in [-0.05, 0) is 48.2 Å². The van der Waals surface area contributed by atoms with Crippen LogP contribution in [0.3, 0.4) is 0 Å². The zero-order valence-electron chi connectivity index (χ0n) is 19.1. The molecule has 1 aromatic heterocycles. The molecule has 0 bridgehead atoms. The minimum absolute atomic E-state index is 0.348. The number of nitrogens with one attached hydrogen (secondary N) is 1. The summed E-state index contributed by atoms with van der Waals surface area (Å²) in [5.74, 6) is -0.348. The van der Waals surface area contributed by atoms with Gasteiger partial charge in [-0.1, -0.05) is 72.8 Å². The molecule has 0 radical (unpaired) electrons. The molecule has 1 N–H and O–H groups in total. The number of ether oxygens (including phenoxy) is 1. The maximum absolute atomic E-state index is 13.1. The molecule has 1 heterocycles. The second-order valence-corrected chi connectivity index (χ2v) is 8.14. The van der Waals surface area contributed by atoms with E-state index in [0.29, 0.717) is 31.0 Å². The lowest BCUT2D eigenvalue weighted by atomic mass is 10.1. The van der Waals surface area contributed by atoms with Crippen molar-refractivity contribution >= 4 is 12.2 Å². The SMILES string of the molecule is Cc1cc(C(=O)NC(C=O)Cc2ccccc2)n(-c2cccc(COCc3ccccc3)c2)n1. The first-order chi connectivity index (χ1) is 16.6. The minimum atomic E-state index is -0.628. The number of carbonyl (C=O) groups excluding carboxylic acids is 2. The molecular weight excluding hydrogens is 426 g/mol. The van der Waals surface area contributed by atoms with E-state index in [1.165, 1.54) is 0 Å². The van der Waals surface area contributed by atoms with Crippen molar-refractivity contribution < 1.29 is 14.3 Å². The smallest absolute Gasteiger partial charge is 0.270 e. The molecule has 1 unspecified atom stereocenters. The molecule has 3 aromatic carbocycles. The minimum Gasteiger partial charge on any atom is -0.372 e. The lowest BCUT2D eigenvalue weighted by Gasteiger charge is -2.14. The molecule has 0 aliphatic carbocycles. The number of aryl methyl sites for hydroxylation is 1. The van der Waals surface area contributed by atoms with Crippen molar-refractivity contribution in [2.75, 3.05) is 0 Å². The quantitative estimate of drug-likeness (QED) is 0.361. The summed E-state index contributed by atoms with van der Waals surface area (Å²) in [4.78, 5) is 24.7. The Kier molecular flexibility index (Phi) is 7.63. The third-order valence-corrected chi connectivity index (χ3v) is 5.38. The van der Waals surface area contributed by atoms with Crippen LogP contribution >= 0.6 is 0 Å². The number of hydrogen-bond donors (Lipinski definition) is 1. The molecule has 6 nitrogen and oxygen atoms in total. The van der Waals surface area contributed by atoms with E-state index in [0.717, 1.165) is 28.7 Å². The van der Waals surface area contributed by atoms with Crippen molar-refractivity contribution in [3.63, 3.8) is 0 Å². The summed E-state index contributed by atoms with van der Waals surface area (Å²) < 4.78 is 7.46. The van der Waals surface area contributed by atoms with Gasteiger partial charge in [-0.2, -0.15) is 5.10 Å². The van der Waals surface area contributed by atoms with Crippen LogP contribution in [0.1, 0.15) is 32.9 Å². The molecular formula is C28H27N3O3. The molecule has 0 aliphatic rings. The number of carbonyl (C=O) groups is 2. The maximum atomic E-state index is 13.1. The van der Waals surface area contributed by atoms with Gasteiger partial charge in [-0.15, -0.1) is 0 Å². The lowest BCUT2D eigenvalue weighted by Crippen LogP contribution is -2.38. The number of amides is 1. The zero-order valence-corrected chi connectivity index (χ0v) is 19.1. The van der Waals surface area contributed by atoms with E-state index in [1.807, 2.05) is 91.9 Å². The monoisotopic (exact) mass is 453 g/mol. The Morgan fingerprint density at radius 3 is 2.26 bits per heavy atom.